The zero-order chi connectivity index (χ0) is 17.9. The van der Waals surface area contributed by atoms with Gasteiger partial charge in [-0.25, -0.2) is 4.98 Å². The summed E-state index contributed by atoms with van der Waals surface area (Å²) in [6.45, 7) is 4.16. The first-order valence-corrected chi connectivity index (χ1v) is 8.56. The van der Waals surface area contributed by atoms with Crippen molar-refractivity contribution >= 4 is 11.0 Å². The maximum atomic E-state index is 9.69. The van der Waals surface area contributed by atoms with Crippen LogP contribution >= 0.6 is 0 Å². The quantitative estimate of drug-likeness (QED) is 0.719. The van der Waals surface area contributed by atoms with Crippen LogP contribution in [0.5, 0.6) is 0 Å². The second kappa shape index (κ2) is 7.04. The van der Waals surface area contributed by atoms with E-state index in [1.165, 1.54) is 0 Å². The molecule has 25 heavy (non-hydrogen) atoms. The number of aromatic amines is 1. The van der Waals surface area contributed by atoms with Gasteiger partial charge < -0.3 is 5.11 Å². The molecule has 3 aromatic rings. The van der Waals surface area contributed by atoms with Gasteiger partial charge in [0.25, 0.3) is 0 Å². The van der Waals surface area contributed by atoms with Crippen molar-refractivity contribution in [1.82, 2.24) is 15.2 Å². The molecule has 0 radical (unpaired) electrons. The lowest BCUT2D eigenvalue weighted by atomic mass is 9.79. The first kappa shape index (κ1) is 17.1. The number of rotatable bonds is 6. The molecule has 0 saturated heterocycles. The Morgan fingerprint density at radius 1 is 1.32 bits per heavy atom. The summed E-state index contributed by atoms with van der Waals surface area (Å²) < 4.78 is 0. The number of nitrogens with one attached hydrogen (secondary N) is 1. The highest BCUT2D eigenvalue weighted by Crippen LogP contribution is 2.34. The van der Waals surface area contributed by atoms with E-state index in [0.717, 1.165) is 46.1 Å². The molecule has 0 bridgehead atoms. The van der Waals surface area contributed by atoms with Crippen molar-refractivity contribution in [2.24, 2.45) is 0 Å². The Morgan fingerprint density at radius 3 is 2.88 bits per heavy atom. The van der Waals surface area contributed by atoms with Gasteiger partial charge in [0.15, 0.2) is 5.65 Å². The number of hydrogen-bond acceptors (Lipinski definition) is 4. The van der Waals surface area contributed by atoms with Crippen LogP contribution in [-0.2, 0) is 11.8 Å². The van der Waals surface area contributed by atoms with Gasteiger partial charge in [0, 0.05) is 18.2 Å². The summed E-state index contributed by atoms with van der Waals surface area (Å²) in [6, 6.07) is 10.8. The zero-order valence-electron chi connectivity index (χ0n) is 14.6. The summed E-state index contributed by atoms with van der Waals surface area (Å²) in [5.74, 6) is 0. The van der Waals surface area contributed by atoms with Gasteiger partial charge in [0.2, 0.25) is 0 Å². The number of fused-ring (bicyclic) bond motifs is 1. The van der Waals surface area contributed by atoms with Crippen LogP contribution in [-0.4, -0.2) is 26.9 Å². The van der Waals surface area contributed by atoms with E-state index in [1.807, 2.05) is 19.9 Å². The summed E-state index contributed by atoms with van der Waals surface area (Å²) in [4.78, 5) is 4.30. The number of aliphatic hydroxyl groups is 1. The predicted octanol–water partition coefficient (Wildman–Crippen LogP) is 3.74. The van der Waals surface area contributed by atoms with E-state index >= 15 is 0 Å². The number of pyridine rings is 1. The van der Waals surface area contributed by atoms with Gasteiger partial charge in [0.1, 0.15) is 0 Å². The molecule has 5 heteroatoms. The Balaban J connectivity index is 2.19. The number of aryl methyl sites for hydroxylation is 1. The van der Waals surface area contributed by atoms with E-state index in [4.69, 9.17) is 0 Å². The van der Waals surface area contributed by atoms with Crippen molar-refractivity contribution in [3.63, 3.8) is 0 Å². The summed E-state index contributed by atoms with van der Waals surface area (Å²) in [5.41, 5.74) is 4.45. The van der Waals surface area contributed by atoms with Crippen LogP contribution in [0.25, 0.3) is 22.2 Å². The van der Waals surface area contributed by atoms with Gasteiger partial charge in [-0.3, -0.25) is 5.10 Å². The van der Waals surface area contributed by atoms with E-state index in [0.29, 0.717) is 6.42 Å². The third-order valence-corrected chi connectivity index (χ3v) is 4.87. The molecule has 0 aliphatic rings. The second-order valence-corrected chi connectivity index (χ2v) is 6.53. The summed E-state index contributed by atoms with van der Waals surface area (Å²) in [7, 11) is 0. The summed E-state index contributed by atoms with van der Waals surface area (Å²) >= 11 is 0. The highest BCUT2D eigenvalue weighted by atomic mass is 16.2. The average molecular weight is 334 g/mol. The maximum absolute atomic E-state index is 9.69. The van der Waals surface area contributed by atoms with Gasteiger partial charge >= 0.3 is 0 Å². The van der Waals surface area contributed by atoms with Crippen molar-refractivity contribution in [3.05, 3.63) is 47.8 Å². The van der Waals surface area contributed by atoms with E-state index in [9.17, 15) is 10.4 Å². The average Bonchev–Trinajstić information content (AvgIpc) is 3.14. The van der Waals surface area contributed by atoms with Crippen LogP contribution in [0.1, 0.15) is 37.8 Å². The SMILES string of the molecule is CCC(C)(C#N)c1cc(CCCO)cc(-c2ccnc3[nH]ncc23)c1. The number of hydrogen-bond donors (Lipinski definition) is 2. The van der Waals surface area contributed by atoms with Crippen LogP contribution in [0.15, 0.2) is 36.7 Å². The molecule has 0 aliphatic heterocycles. The zero-order valence-corrected chi connectivity index (χ0v) is 14.6. The molecule has 2 N–H and O–H groups in total. The van der Waals surface area contributed by atoms with Gasteiger partial charge in [-0.15, -0.1) is 0 Å². The number of nitrogens with zero attached hydrogens (tertiary/aromatic N) is 3. The van der Waals surface area contributed by atoms with Crippen molar-refractivity contribution in [1.29, 1.82) is 5.26 Å². The largest absolute Gasteiger partial charge is 0.396 e. The van der Waals surface area contributed by atoms with Gasteiger partial charge in [-0.1, -0.05) is 19.1 Å². The summed E-state index contributed by atoms with van der Waals surface area (Å²) in [6.07, 6.45) is 5.77. The third-order valence-electron chi connectivity index (χ3n) is 4.87. The van der Waals surface area contributed by atoms with Gasteiger partial charge in [0.05, 0.1) is 17.7 Å². The molecule has 0 saturated carbocycles. The number of nitriles is 1. The fourth-order valence-corrected chi connectivity index (χ4v) is 3.04. The molecule has 3 rings (SSSR count). The minimum atomic E-state index is -0.535. The number of benzene rings is 1. The topological polar surface area (TPSA) is 85.6 Å². The Morgan fingerprint density at radius 2 is 2.16 bits per heavy atom. The van der Waals surface area contributed by atoms with Crippen molar-refractivity contribution in [2.45, 2.75) is 38.5 Å². The number of aromatic nitrogens is 3. The van der Waals surface area contributed by atoms with Crippen LogP contribution in [0, 0.1) is 11.3 Å². The molecule has 0 aliphatic carbocycles. The lowest BCUT2D eigenvalue weighted by Gasteiger charge is -2.22. The molecule has 0 amide bonds. The van der Waals surface area contributed by atoms with Crippen molar-refractivity contribution in [3.8, 4) is 17.2 Å². The minimum absolute atomic E-state index is 0.157. The molecule has 5 nitrogen and oxygen atoms in total. The third kappa shape index (κ3) is 3.26. The number of aliphatic hydroxyl groups excluding tert-OH is 1. The molecular weight excluding hydrogens is 312 g/mol. The highest BCUT2D eigenvalue weighted by Gasteiger charge is 2.25. The standard InChI is InChI=1S/C20H22N4O/c1-3-20(2,13-21)16-10-14(5-4-8-25)9-15(11-16)17-6-7-22-19-18(17)12-23-24-19/h6-7,9-12,25H,3-5,8H2,1-2H3,(H,22,23,24). The first-order chi connectivity index (χ1) is 12.1. The molecule has 2 heterocycles. The fraction of sp³-hybridized carbons (Fsp3) is 0.350. The lowest BCUT2D eigenvalue weighted by molar-refractivity contribution is 0.288. The Bertz CT molecular complexity index is 925. The highest BCUT2D eigenvalue weighted by molar-refractivity contribution is 5.92. The molecule has 0 fully saturated rings. The Kier molecular flexibility index (Phi) is 4.82. The minimum Gasteiger partial charge on any atom is -0.396 e. The van der Waals surface area contributed by atoms with E-state index in [1.54, 1.807) is 12.4 Å². The van der Waals surface area contributed by atoms with Gasteiger partial charge in [-0.2, -0.15) is 10.4 Å². The Hall–Kier alpha value is -2.71. The lowest BCUT2D eigenvalue weighted by Crippen LogP contribution is -2.18. The Labute approximate surface area is 147 Å². The molecule has 0 spiro atoms. The van der Waals surface area contributed by atoms with Crippen LogP contribution in [0.2, 0.25) is 0 Å². The van der Waals surface area contributed by atoms with E-state index < -0.39 is 5.41 Å². The molecular formula is C20H22N4O. The molecule has 128 valence electrons. The predicted molar refractivity (Wildman–Crippen MR) is 98.0 cm³/mol. The van der Waals surface area contributed by atoms with Crippen LogP contribution < -0.4 is 0 Å². The van der Waals surface area contributed by atoms with Crippen molar-refractivity contribution in [2.75, 3.05) is 6.61 Å². The van der Waals surface area contributed by atoms with Crippen LogP contribution in [0.4, 0.5) is 0 Å². The monoisotopic (exact) mass is 334 g/mol. The molecule has 1 atom stereocenters. The normalized spacial score (nSPS) is 13.5. The molecule has 1 aromatic carbocycles. The van der Waals surface area contributed by atoms with Crippen molar-refractivity contribution < 1.29 is 5.11 Å². The second-order valence-electron chi connectivity index (χ2n) is 6.53. The maximum Gasteiger partial charge on any atom is 0.155 e. The van der Waals surface area contributed by atoms with E-state index in [-0.39, 0.29) is 6.61 Å². The number of H-pyrrole nitrogens is 1. The summed E-state index contributed by atoms with van der Waals surface area (Å²) in [5, 5.41) is 26.8. The molecule has 1 unspecified atom stereocenters. The smallest absolute Gasteiger partial charge is 0.155 e. The fourth-order valence-electron chi connectivity index (χ4n) is 3.04. The van der Waals surface area contributed by atoms with E-state index in [2.05, 4.69) is 39.4 Å². The molecule has 2 aromatic heterocycles. The van der Waals surface area contributed by atoms with Crippen LogP contribution in [0.3, 0.4) is 0 Å². The first-order valence-electron chi connectivity index (χ1n) is 8.56. The van der Waals surface area contributed by atoms with Gasteiger partial charge in [-0.05, 0) is 60.6 Å².